The van der Waals surface area contributed by atoms with Crippen molar-refractivity contribution in [1.82, 2.24) is 9.88 Å². The molecule has 1 aliphatic rings. The van der Waals surface area contributed by atoms with E-state index in [1.54, 1.807) is 0 Å². The Morgan fingerprint density at radius 2 is 2.41 bits per heavy atom. The lowest BCUT2D eigenvalue weighted by Crippen LogP contribution is -2.45. The highest BCUT2D eigenvalue weighted by Crippen LogP contribution is 2.22. The fourth-order valence-corrected chi connectivity index (χ4v) is 2.60. The molecular formula is C13H20N2O2. The van der Waals surface area contributed by atoms with Gasteiger partial charge in [-0.05, 0) is 33.2 Å². The number of carbonyl (C=O) groups is 1. The number of hydrogen-bond donors (Lipinski definition) is 0. The van der Waals surface area contributed by atoms with Crippen molar-refractivity contribution in [2.45, 2.75) is 51.6 Å². The van der Waals surface area contributed by atoms with E-state index in [9.17, 15) is 4.79 Å². The molecular weight excluding hydrogens is 216 g/mol. The molecule has 0 radical (unpaired) electrons. The van der Waals surface area contributed by atoms with Gasteiger partial charge in [0, 0.05) is 18.5 Å². The van der Waals surface area contributed by atoms with E-state index in [2.05, 4.69) is 23.7 Å². The molecule has 2 rings (SSSR count). The van der Waals surface area contributed by atoms with E-state index in [1.165, 1.54) is 25.5 Å². The van der Waals surface area contributed by atoms with E-state index in [4.69, 9.17) is 4.42 Å². The van der Waals surface area contributed by atoms with E-state index < -0.39 is 0 Å². The zero-order chi connectivity index (χ0) is 12.3. The van der Waals surface area contributed by atoms with Crippen molar-refractivity contribution in [2.75, 3.05) is 6.54 Å². The van der Waals surface area contributed by atoms with E-state index in [0.717, 1.165) is 13.0 Å². The highest BCUT2D eigenvalue weighted by Gasteiger charge is 2.25. The van der Waals surface area contributed by atoms with Gasteiger partial charge in [0.05, 0.1) is 6.20 Å². The molecule has 17 heavy (non-hydrogen) atoms. The number of likely N-dealkylation sites (tertiary alicyclic amines) is 1. The first-order chi connectivity index (χ1) is 8.20. The minimum absolute atomic E-state index is 0.326. The first kappa shape index (κ1) is 12.3. The maximum Gasteiger partial charge on any atom is 0.196 e. The molecule has 0 N–H and O–H groups in total. The Bertz CT molecular complexity index is 373. The summed E-state index contributed by atoms with van der Waals surface area (Å²) in [6.45, 7) is 5.61. The summed E-state index contributed by atoms with van der Waals surface area (Å²) in [5, 5.41) is 0. The molecule has 0 saturated carbocycles. The molecule has 1 saturated heterocycles. The maximum atomic E-state index is 10.5. The highest BCUT2D eigenvalue weighted by atomic mass is 16.4. The smallest absolute Gasteiger partial charge is 0.196 e. The average molecular weight is 236 g/mol. The normalized spacial score (nSPS) is 21.9. The fraction of sp³-hybridized carbons (Fsp3) is 0.692. The number of oxazole rings is 1. The van der Waals surface area contributed by atoms with Crippen LogP contribution in [-0.2, 0) is 6.42 Å². The van der Waals surface area contributed by atoms with Gasteiger partial charge in [-0.3, -0.25) is 9.69 Å². The van der Waals surface area contributed by atoms with Gasteiger partial charge in [-0.2, -0.15) is 0 Å². The molecule has 4 heteroatoms. The molecule has 2 heterocycles. The summed E-state index contributed by atoms with van der Waals surface area (Å²) in [6, 6.07) is 1.06. The number of piperidine rings is 1. The standard InChI is InChI=1S/C13H20N2O2/c1-10(2)15-6-4-3-5-11(15)7-13-14-8-12(9-16)17-13/h8-11H,3-7H2,1-2H3. The molecule has 1 aromatic heterocycles. The molecule has 0 amide bonds. The Morgan fingerprint density at radius 1 is 1.59 bits per heavy atom. The molecule has 1 aromatic rings. The van der Waals surface area contributed by atoms with Gasteiger partial charge in [0.1, 0.15) is 0 Å². The summed E-state index contributed by atoms with van der Waals surface area (Å²) in [6.07, 6.45) is 6.76. The minimum Gasteiger partial charge on any atom is -0.438 e. The van der Waals surface area contributed by atoms with Gasteiger partial charge in [0.15, 0.2) is 17.9 Å². The van der Waals surface area contributed by atoms with E-state index >= 15 is 0 Å². The summed E-state index contributed by atoms with van der Waals surface area (Å²) in [5.74, 6) is 1.01. The summed E-state index contributed by atoms with van der Waals surface area (Å²) >= 11 is 0. The zero-order valence-electron chi connectivity index (χ0n) is 10.6. The van der Waals surface area contributed by atoms with Crippen LogP contribution in [0.4, 0.5) is 0 Å². The van der Waals surface area contributed by atoms with Gasteiger partial charge in [0.2, 0.25) is 0 Å². The fourth-order valence-electron chi connectivity index (χ4n) is 2.60. The zero-order valence-corrected chi connectivity index (χ0v) is 10.6. The first-order valence-corrected chi connectivity index (χ1v) is 6.36. The second kappa shape index (κ2) is 5.45. The summed E-state index contributed by atoms with van der Waals surface area (Å²) < 4.78 is 5.36. The van der Waals surface area contributed by atoms with Crippen molar-refractivity contribution in [1.29, 1.82) is 0 Å². The van der Waals surface area contributed by atoms with Gasteiger partial charge in [-0.15, -0.1) is 0 Å². The molecule has 1 unspecified atom stereocenters. The topological polar surface area (TPSA) is 46.3 Å². The summed E-state index contributed by atoms with van der Waals surface area (Å²) in [4.78, 5) is 17.2. The van der Waals surface area contributed by atoms with E-state index in [1.807, 2.05) is 0 Å². The average Bonchev–Trinajstić information content (AvgIpc) is 2.77. The molecule has 4 nitrogen and oxygen atoms in total. The molecule has 1 atom stereocenters. The lowest BCUT2D eigenvalue weighted by molar-refractivity contribution is 0.104. The maximum absolute atomic E-state index is 10.5. The van der Waals surface area contributed by atoms with Crippen LogP contribution in [0.1, 0.15) is 49.6 Å². The number of hydrogen-bond acceptors (Lipinski definition) is 4. The van der Waals surface area contributed by atoms with Crippen LogP contribution in [0.25, 0.3) is 0 Å². The number of carbonyl (C=O) groups excluding carboxylic acids is 1. The van der Waals surface area contributed by atoms with Crippen LogP contribution in [0.2, 0.25) is 0 Å². The van der Waals surface area contributed by atoms with Gasteiger partial charge >= 0.3 is 0 Å². The van der Waals surface area contributed by atoms with Crippen molar-refractivity contribution in [2.24, 2.45) is 0 Å². The van der Waals surface area contributed by atoms with E-state index in [0.29, 0.717) is 30.0 Å². The minimum atomic E-state index is 0.326. The van der Waals surface area contributed by atoms with Crippen LogP contribution < -0.4 is 0 Å². The van der Waals surface area contributed by atoms with Crippen LogP contribution in [0.15, 0.2) is 10.6 Å². The number of aromatic nitrogens is 1. The monoisotopic (exact) mass is 236 g/mol. The van der Waals surface area contributed by atoms with Crippen molar-refractivity contribution in [3.05, 3.63) is 17.8 Å². The number of rotatable bonds is 4. The first-order valence-electron chi connectivity index (χ1n) is 6.36. The molecule has 0 bridgehead atoms. The van der Waals surface area contributed by atoms with Gasteiger partial charge in [0.25, 0.3) is 0 Å². The van der Waals surface area contributed by atoms with Crippen LogP contribution in [0, 0.1) is 0 Å². The molecule has 0 aromatic carbocycles. The Morgan fingerprint density at radius 3 is 3.06 bits per heavy atom. The third-order valence-corrected chi connectivity index (χ3v) is 3.43. The van der Waals surface area contributed by atoms with Crippen molar-refractivity contribution < 1.29 is 9.21 Å². The predicted octanol–water partition coefficient (Wildman–Crippen LogP) is 2.29. The molecule has 1 aliphatic heterocycles. The number of aldehydes is 1. The summed E-state index contributed by atoms with van der Waals surface area (Å²) in [7, 11) is 0. The SMILES string of the molecule is CC(C)N1CCCCC1Cc1ncc(C=O)o1. The highest BCUT2D eigenvalue weighted by molar-refractivity contribution is 5.69. The van der Waals surface area contributed by atoms with E-state index in [-0.39, 0.29) is 0 Å². The van der Waals surface area contributed by atoms with Crippen LogP contribution in [0.5, 0.6) is 0 Å². The molecule has 0 spiro atoms. The predicted molar refractivity (Wildman–Crippen MR) is 65.1 cm³/mol. The Kier molecular flexibility index (Phi) is 3.94. The lowest BCUT2D eigenvalue weighted by Gasteiger charge is -2.38. The largest absolute Gasteiger partial charge is 0.438 e. The van der Waals surface area contributed by atoms with Gasteiger partial charge in [-0.25, -0.2) is 4.98 Å². The Labute approximate surface area is 102 Å². The molecule has 1 fully saturated rings. The summed E-state index contributed by atoms with van der Waals surface area (Å²) in [5.41, 5.74) is 0. The second-order valence-corrected chi connectivity index (χ2v) is 4.96. The second-order valence-electron chi connectivity index (χ2n) is 4.96. The lowest BCUT2D eigenvalue weighted by atomic mass is 9.98. The van der Waals surface area contributed by atoms with Crippen molar-refractivity contribution >= 4 is 6.29 Å². The van der Waals surface area contributed by atoms with Gasteiger partial charge < -0.3 is 4.42 Å². The molecule has 94 valence electrons. The molecule has 0 aliphatic carbocycles. The Balaban J connectivity index is 2.02. The van der Waals surface area contributed by atoms with Crippen molar-refractivity contribution in [3.63, 3.8) is 0 Å². The quantitative estimate of drug-likeness (QED) is 0.752. The van der Waals surface area contributed by atoms with Crippen LogP contribution in [0.3, 0.4) is 0 Å². The third kappa shape index (κ3) is 2.94. The third-order valence-electron chi connectivity index (χ3n) is 3.43. The van der Waals surface area contributed by atoms with Gasteiger partial charge in [-0.1, -0.05) is 6.42 Å². The number of nitrogens with zero attached hydrogens (tertiary/aromatic N) is 2. The Hall–Kier alpha value is -1.16. The van der Waals surface area contributed by atoms with Crippen LogP contribution in [-0.4, -0.2) is 34.8 Å². The van der Waals surface area contributed by atoms with Crippen LogP contribution >= 0.6 is 0 Å². The van der Waals surface area contributed by atoms with Crippen molar-refractivity contribution in [3.8, 4) is 0 Å².